The molecule has 0 aromatic heterocycles. The molecule has 0 aromatic rings. The first kappa shape index (κ1) is 18.6. The number of hydrogen-bond donors (Lipinski definition) is 0. The third-order valence-corrected chi connectivity index (χ3v) is 6.01. The van der Waals surface area contributed by atoms with Gasteiger partial charge in [-0.3, -0.25) is 4.79 Å². The molecule has 0 bridgehead atoms. The van der Waals surface area contributed by atoms with Gasteiger partial charge >= 0.3 is 11.9 Å². The molecule has 0 radical (unpaired) electrons. The van der Waals surface area contributed by atoms with E-state index in [1.54, 1.807) is 26.8 Å². The summed E-state index contributed by atoms with van der Waals surface area (Å²) in [6, 6.07) is 0. The molecule has 0 aromatic carbocycles. The Balaban J connectivity index is 2.07. The number of hydrogen-bond acceptors (Lipinski definition) is 5. The average molecular weight is 377 g/mol. The quantitative estimate of drug-likeness (QED) is 0.545. The van der Waals surface area contributed by atoms with Gasteiger partial charge in [0.1, 0.15) is 12.2 Å². The van der Waals surface area contributed by atoms with Crippen LogP contribution >= 0.6 is 11.6 Å². The molecule has 1 saturated heterocycles. The summed E-state index contributed by atoms with van der Waals surface area (Å²) in [5, 5.41) is 0.178. The summed E-state index contributed by atoms with van der Waals surface area (Å²) in [7, 11) is 0. The van der Waals surface area contributed by atoms with Gasteiger partial charge in [-0.2, -0.15) is 0 Å². The van der Waals surface area contributed by atoms with Crippen molar-refractivity contribution >= 4 is 29.3 Å². The second-order valence-electron chi connectivity index (χ2n) is 7.04. The van der Waals surface area contributed by atoms with Crippen LogP contribution < -0.4 is 0 Å². The Morgan fingerprint density at radius 1 is 1.35 bits per heavy atom. The first-order chi connectivity index (χ1) is 12.2. The van der Waals surface area contributed by atoms with Crippen molar-refractivity contribution in [1.82, 2.24) is 0 Å². The summed E-state index contributed by atoms with van der Waals surface area (Å²) in [6.45, 7) is 10.9. The van der Waals surface area contributed by atoms with Crippen molar-refractivity contribution in [3.05, 3.63) is 45.6 Å². The normalized spacial score (nSPS) is 31.7. The number of rotatable bonds is 2. The van der Waals surface area contributed by atoms with Crippen LogP contribution in [0.2, 0.25) is 0 Å². The van der Waals surface area contributed by atoms with Gasteiger partial charge in [0.2, 0.25) is 5.78 Å². The topological polar surface area (TPSA) is 69.7 Å². The largest absolute Gasteiger partial charge is 0.458 e. The highest BCUT2D eigenvalue weighted by atomic mass is 35.5. The third-order valence-electron chi connectivity index (χ3n) is 5.54. The first-order valence-corrected chi connectivity index (χ1v) is 8.91. The molecule has 3 rings (SSSR count). The van der Waals surface area contributed by atoms with Gasteiger partial charge in [-0.25, -0.2) is 9.59 Å². The monoisotopic (exact) mass is 376 g/mol. The lowest BCUT2D eigenvalue weighted by Gasteiger charge is -2.28. The van der Waals surface area contributed by atoms with Gasteiger partial charge in [0.25, 0.3) is 0 Å². The lowest BCUT2D eigenvalue weighted by molar-refractivity contribution is -0.148. The van der Waals surface area contributed by atoms with Crippen LogP contribution in [0.3, 0.4) is 0 Å². The van der Waals surface area contributed by atoms with Crippen molar-refractivity contribution in [2.45, 2.75) is 46.3 Å². The average Bonchev–Trinajstić information content (AvgIpc) is 2.96. The number of allylic oxidation sites excluding steroid dienone is 2. The molecule has 2 aliphatic carbocycles. The molecule has 0 N–H and O–H groups in total. The number of ether oxygens (including phenoxy) is 2. The van der Waals surface area contributed by atoms with E-state index in [2.05, 4.69) is 6.58 Å². The molecule has 0 unspecified atom stereocenters. The van der Waals surface area contributed by atoms with Crippen molar-refractivity contribution in [2.75, 3.05) is 0 Å². The zero-order valence-electron chi connectivity index (χ0n) is 15.2. The fourth-order valence-corrected chi connectivity index (χ4v) is 4.20. The minimum atomic E-state index is -0.647. The molecule has 4 atom stereocenters. The Morgan fingerprint density at radius 2 is 2.00 bits per heavy atom. The molecule has 3 aliphatic rings. The number of ketones is 1. The Bertz CT molecular complexity index is 829. The summed E-state index contributed by atoms with van der Waals surface area (Å²) in [5.41, 5.74) is 2.77. The molecule has 0 saturated carbocycles. The summed E-state index contributed by atoms with van der Waals surface area (Å²) >= 11 is 6.19. The Hall–Kier alpha value is -2.14. The second-order valence-corrected chi connectivity index (χ2v) is 7.42. The maximum atomic E-state index is 12.6. The smallest absolute Gasteiger partial charge is 0.334 e. The van der Waals surface area contributed by atoms with Gasteiger partial charge < -0.3 is 9.47 Å². The van der Waals surface area contributed by atoms with Crippen LogP contribution in [0.5, 0.6) is 0 Å². The molecule has 1 heterocycles. The SMILES string of the molecule is C=C1C(=O)O[C@@H]2[C@@H]3C(C)=C(Cl)C(=O)C3=C(C)C[C@@H](OC(=O)/C(C)=C\C)[C@@H]12. The van der Waals surface area contributed by atoms with E-state index in [0.717, 1.165) is 5.57 Å². The fourth-order valence-electron chi connectivity index (χ4n) is 3.98. The lowest BCUT2D eigenvalue weighted by Crippen LogP contribution is -2.36. The molecule has 6 heteroatoms. The van der Waals surface area contributed by atoms with Gasteiger partial charge in [0.05, 0.1) is 11.0 Å². The van der Waals surface area contributed by atoms with E-state index < -0.39 is 36.0 Å². The molecular formula is C20H21ClO5. The highest BCUT2D eigenvalue weighted by Gasteiger charge is 2.55. The summed E-state index contributed by atoms with van der Waals surface area (Å²) in [6.07, 6.45) is 0.720. The number of carbonyl (C=O) groups excluding carboxylic acids is 3. The summed E-state index contributed by atoms with van der Waals surface area (Å²) < 4.78 is 11.3. The van der Waals surface area contributed by atoms with E-state index in [0.29, 0.717) is 23.1 Å². The lowest BCUT2D eigenvalue weighted by atomic mass is 9.82. The molecule has 0 amide bonds. The molecule has 5 nitrogen and oxygen atoms in total. The third kappa shape index (κ3) is 2.65. The van der Waals surface area contributed by atoms with E-state index in [9.17, 15) is 14.4 Å². The zero-order chi connectivity index (χ0) is 19.3. The van der Waals surface area contributed by atoms with Gasteiger partial charge in [0.15, 0.2) is 0 Å². The molecule has 1 aliphatic heterocycles. The van der Waals surface area contributed by atoms with E-state index in [1.807, 2.05) is 6.92 Å². The van der Waals surface area contributed by atoms with Gasteiger partial charge in [-0.15, -0.1) is 0 Å². The number of carbonyl (C=O) groups is 3. The summed E-state index contributed by atoms with van der Waals surface area (Å²) in [5.74, 6) is -2.15. The number of Topliss-reactive ketones (excluding diaryl/α,β-unsaturated/α-hetero) is 1. The first-order valence-electron chi connectivity index (χ1n) is 8.53. The van der Waals surface area contributed by atoms with Crippen LogP contribution in [0.25, 0.3) is 0 Å². The van der Waals surface area contributed by atoms with Crippen molar-refractivity contribution in [3.63, 3.8) is 0 Å². The minimum absolute atomic E-state index is 0.178. The minimum Gasteiger partial charge on any atom is -0.458 e. The van der Waals surface area contributed by atoms with E-state index >= 15 is 0 Å². The van der Waals surface area contributed by atoms with Crippen molar-refractivity contribution < 1.29 is 23.9 Å². The Morgan fingerprint density at radius 3 is 2.62 bits per heavy atom. The maximum absolute atomic E-state index is 12.6. The van der Waals surface area contributed by atoms with E-state index in [1.165, 1.54) is 0 Å². The number of esters is 2. The highest BCUT2D eigenvalue weighted by molar-refractivity contribution is 6.47. The molecular weight excluding hydrogens is 356 g/mol. The molecule has 0 spiro atoms. The molecule has 26 heavy (non-hydrogen) atoms. The predicted molar refractivity (Wildman–Crippen MR) is 96.2 cm³/mol. The predicted octanol–water partition coefficient (Wildman–Crippen LogP) is 3.39. The van der Waals surface area contributed by atoms with Crippen LogP contribution in [-0.2, 0) is 23.9 Å². The second kappa shape index (κ2) is 6.54. The van der Waals surface area contributed by atoms with Crippen LogP contribution in [-0.4, -0.2) is 29.9 Å². The molecule has 1 fully saturated rings. The van der Waals surface area contributed by atoms with Crippen LogP contribution in [0, 0.1) is 11.8 Å². The van der Waals surface area contributed by atoms with Crippen molar-refractivity contribution in [1.29, 1.82) is 0 Å². The van der Waals surface area contributed by atoms with Crippen LogP contribution in [0.4, 0.5) is 0 Å². The number of halogens is 1. The van der Waals surface area contributed by atoms with Crippen molar-refractivity contribution in [2.24, 2.45) is 11.8 Å². The van der Waals surface area contributed by atoms with E-state index in [-0.39, 0.29) is 16.4 Å². The van der Waals surface area contributed by atoms with Gasteiger partial charge in [0, 0.05) is 29.1 Å². The molecule has 138 valence electrons. The van der Waals surface area contributed by atoms with Crippen molar-refractivity contribution in [3.8, 4) is 0 Å². The van der Waals surface area contributed by atoms with Gasteiger partial charge in [-0.1, -0.05) is 29.8 Å². The summed E-state index contributed by atoms with van der Waals surface area (Å²) in [4.78, 5) is 37.1. The Kier molecular flexibility index (Phi) is 4.69. The highest BCUT2D eigenvalue weighted by Crippen LogP contribution is 2.50. The maximum Gasteiger partial charge on any atom is 0.334 e. The fraction of sp³-hybridized carbons (Fsp3) is 0.450. The van der Waals surface area contributed by atoms with E-state index in [4.69, 9.17) is 21.1 Å². The van der Waals surface area contributed by atoms with Gasteiger partial charge in [-0.05, 0) is 33.3 Å². The standard InChI is InChI=1S/C20H21ClO5/c1-6-8(2)19(23)25-12-7-9(3)13-15(10(4)16(21)17(13)22)18-14(12)11(5)20(24)26-18/h6,12,14-15,18H,5,7H2,1-4H3/b8-6-/t12-,14-,15-,18+/m1/s1. The van der Waals surface area contributed by atoms with Crippen LogP contribution in [0.15, 0.2) is 45.6 Å². The zero-order valence-corrected chi connectivity index (χ0v) is 16.0. The van der Waals surface area contributed by atoms with Crippen LogP contribution in [0.1, 0.15) is 34.1 Å². The number of fused-ring (bicyclic) bond motifs is 3. The Labute approximate surface area is 157 Å².